The predicted molar refractivity (Wildman–Crippen MR) is 67.3 cm³/mol. The molecular formula is C12H23NOS. The number of carbonyl (C=O) groups excluding carboxylic acids is 1. The van der Waals surface area contributed by atoms with Crippen LogP contribution in [-0.4, -0.2) is 29.1 Å². The van der Waals surface area contributed by atoms with Crippen molar-refractivity contribution < 1.29 is 4.79 Å². The Bertz CT molecular complexity index is 206. The van der Waals surface area contributed by atoms with Gasteiger partial charge in [0, 0.05) is 24.8 Å². The van der Waals surface area contributed by atoms with E-state index < -0.39 is 0 Å². The Kier molecular flexibility index (Phi) is 5.51. The SMILES string of the molecule is CC(C)CC(S)CCCN1CCCC1=O. The van der Waals surface area contributed by atoms with Crippen molar-refractivity contribution in [2.45, 2.75) is 51.2 Å². The summed E-state index contributed by atoms with van der Waals surface area (Å²) in [6, 6.07) is 0. The van der Waals surface area contributed by atoms with Gasteiger partial charge in [-0.1, -0.05) is 13.8 Å². The number of thiol groups is 1. The van der Waals surface area contributed by atoms with Gasteiger partial charge in [0.15, 0.2) is 0 Å². The van der Waals surface area contributed by atoms with Gasteiger partial charge in [-0.2, -0.15) is 12.6 Å². The Morgan fingerprint density at radius 3 is 2.73 bits per heavy atom. The van der Waals surface area contributed by atoms with Gasteiger partial charge in [-0.05, 0) is 31.6 Å². The van der Waals surface area contributed by atoms with E-state index in [0.717, 1.165) is 44.7 Å². The maximum absolute atomic E-state index is 11.3. The highest BCUT2D eigenvalue weighted by Crippen LogP contribution is 2.17. The molecule has 0 radical (unpaired) electrons. The van der Waals surface area contributed by atoms with Gasteiger partial charge in [0.1, 0.15) is 0 Å². The zero-order chi connectivity index (χ0) is 11.3. The van der Waals surface area contributed by atoms with E-state index in [1.807, 2.05) is 4.90 Å². The Labute approximate surface area is 98.8 Å². The van der Waals surface area contributed by atoms with Gasteiger partial charge in [0.2, 0.25) is 5.91 Å². The molecule has 1 atom stereocenters. The Hall–Kier alpha value is -0.180. The van der Waals surface area contributed by atoms with Crippen molar-refractivity contribution in [2.75, 3.05) is 13.1 Å². The second kappa shape index (κ2) is 6.41. The van der Waals surface area contributed by atoms with Crippen LogP contribution in [0.2, 0.25) is 0 Å². The van der Waals surface area contributed by atoms with Gasteiger partial charge >= 0.3 is 0 Å². The smallest absolute Gasteiger partial charge is 0.222 e. The van der Waals surface area contributed by atoms with E-state index in [-0.39, 0.29) is 0 Å². The first kappa shape index (κ1) is 12.9. The zero-order valence-corrected chi connectivity index (χ0v) is 10.8. The third kappa shape index (κ3) is 4.92. The van der Waals surface area contributed by atoms with Crippen molar-refractivity contribution >= 4 is 18.5 Å². The number of carbonyl (C=O) groups is 1. The molecule has 3 heteroatoms. The normalized spacial score (nSPS) is 18.9. The molecule has 1 saturated heterocycles. The predicted octanol–water partition coefficient (Wildman–Crippen LogP) is 2.73. The van der Waals surface area contributed by atoms with Crippen LogP contribution >= 0.6 is 12.6 Å². The van der Waals surface area contributed by atoms with Gasteiger partial charge in [0.05, 0.1) is 0 Å². The van der Waals surface area contributed by atoms with Gasteiger partial charge in [-0.3, -0.25) is 4.79 Å². The highest BCUT2D eigenvalue weighted by atomic mass is 32.1. The van der Waals surface area contributed by atoms with Crippen molar-refractivity contribution in [2.24, 2.45) is 5.92 Å². The minimum Gasteiger partial charge on any atom is -0.343 e. The maximum Gasteiger partial charge on any atom is 0.222 e. The molecule has 0 N–H and O–H groups in total. The number of hydrogen-bond donors (Lipinski definition) is 1. The lowest BCUT2D eigenvalue weighted by Crippen LogP contribution is -2.26. The maximum atomic E-state index is 11.3. The first-order chi connectivity index (χ1) is 7.09. The lowest BCUT2D eigenvalue weighted by molar-refractivity contribution is -0.127. The molecule has 2 nitrogen and oxygen atoms in total. The number of amides is 1. The summed E-state index contributed by atoms with van der Waals surface area (Å²) in [5.41, 5.74) is 0. The molecule has 1 heterocycles. The summed E-state index contributed by atoms with van der Waals surface area (Å²) in [4.78, 5) is 13.3. The standard InChI is InChI=1S/C12H23NOS/c1-10(2)9-11(15)5-3-7-13-8-4-6-12(13)14/h10-11,15H,3-9H2,1-2H3. The molecule has 1 unspecified atom stereocenters. The fourth-order valence-corrected chi connectivity index (χ4v) is 2.72. The first-order valence-corrected chi connectivity index (χ1v) is 6.57. The largest absolute Gasteiger partial charge is 0.343 e. The lowest BCUT2D eigenvalue weighted by atomic mass is 10.0. The van der Waals surface area contributed by atoms with Crippen LogP contribution < -0.4 is 0 Å². The molecule has 88 valence electrons. The second-order valence-corrected chi connectivity index (χ2v) is 5.64. The van der Waals surface area contributed by atoms with Crippen LogP contribution in [0.1, 0.15) is 46.0 Å². The molecule has 1 aliphatic heterocycles. The van der Waals surface area contributed by atoms with E-state index in [1.54, 1.807) is 0 Å². The van der Waals surface area contributed by atoms with Crippen molar-refractivity contribution in [3.8, 4) is 0 Å². The summed E-state index contributed by atoms with van der Waals surface area (Å²) in [5, 5.41) is 0.503. The molecule has 1 aliphatic rings. The molecule has 0 aliphatic carbocycles. The molecule has 0 bridgehead atoms. The van der Waals surface area contributed by atoms with E-state index in [1.165, 1.54) is 6.42 Å². The average molecular weight is 229 g/mol. The molecule has 1 amide bonds. The van der Waals surface area contributed by atoms with E-state index >= 15 is 0 Å². The van der Waals surface area contributed by atoms with Crippen molar-refractivity contribution in [3.63, 3.8) is 0 Å². The van der Waals surface area contributed by atoms with Gasteiger partial charge < -0.3 is 4.90 Å². The van der Waals surface area contributed by atoms with Crippen molar-refractivity contribution in [1.82, 2.24) is 4.90 Å². The number of hydrogen-bond acceptors (Lipinski definition) is 2. The second-order valence-electron chi connectivity index (χ2n) is 4.91. The highest BCUT2D eigenvalue weighted by molar-refractivity contribution is 7.80. The number of likely N-dealkylation sites (tertiary alicyclic amines) is 1. The van der Waals surface area contributed by atoms with Crippen molar-refractivity contribution in [1.29, 1.82) is 0 Å². The van der Waals surface area contributed by atoms with Crippen LogP contribution in [0.4, 0.5) is 0 Å². The molecule has 0 saturated carbocycles. The fourth-order valence-electron chi connectivity index (χ4n) is 2.12. The zero-order valence-electron chi connectivity index (χ0n) is 9.91. The third-order valence-electron chi connectivity index (χ3n) is 2.88. The Morgan fingerprint density at radius 2 is 2.20 bits per heavy atom. The van der Waals surface area contributed by atoms with Crippen LogP contribution in [0.25, 0.3) is 0 Å². The summed E-state index contributed by atoms with van der Waals surface area (Å²) < 4.78 is 0. The molecule has 0 aromatic heterocycles. The fraction of sp³-hybridized carbons (Fsp3) is 0.917. The molecule has 0 aromatic rings. The van der Waals surface area contributed by atoms with E-state index in [2.05, 4.69) is 26.5 Å². The quantitative estimate of drug-likeness (QED) is 0.694. The van der Waals surface area contributed by atoms with Crippen LogP contribution in [0.15, 0.2) is 0 Å². The molecule has 0 aromatic carbocycles. The van der Waals surface area contributed by atoms with Crippen LogP contribution in [-0.2, 0) is 4.79 Å². The average Bonchev–Trinajstić information content (AvgIpc) is 2.50. The van der Waals surface area contributed by atoms with Crippen LogP contribution in [0.5, 0.6) is 0 Å². The summed E-state index contributed by atoms with van der Waals surface area (Å²) in [6.45, 7) is 6.37. The van der Waals surface area contributed by atoms with Crippen LogP contribution in [0, 0.1) is 5.92 Å². The molecular weight excluding hydrogens is 206 g/mol. The summed E-state index contributed by atoms with van der Waals surface area (Å²) >= 11 is 4.57. The summed E-state index contributed by atoms with van der Waals surface area (Å²) in [5.74, 6) is 1.07. The molecule has 1 rings (SSSR count). The monoisotopic (exact) mass is 229 g/mol. The minimum absolute atomic E-state index is 0.342. The van der Waals surface area contributed by atoms with E-state index in [9.17, 15) is 4.79 Å². The Morgan fingerprint density at radius 1 is 1.47 bits per heavy atom. The topological polar surface area (TPSA) is 20.3 Å². The summed E-state index contributed by atoms with van der Waals surface area (Å²) in [6.07, 6.45) is 5.22. The molecule has 0 spiro atoms. The van der Waals surface area contributed by atoms with Crippen LogP contribution in [0.3, 0.4) is 0 Å². The van der Waals surface area contributed by atoms with Gasteiger partial charge in [-0.15, -0.1) is 0 Å². The minimum atomic E-state index is 0.342. The molecule has 15 heavy (non-hydrogen) atoms. The number of rotatable bonds is 6. The first-order valence-electron chi connectivity index (χ1n) is 6.05. The molecule has 1 fully saturated rings. The third-order valence-corrected chi connectivity index (χ3v) is 3.35. The van der Waals surface area contributed by atoms with Crippen molar-refractivity contribution in [3.05, 3.63) is 0 Å². The van der Waals surface area contributed by atoms with E-state index in [0.29, 0.717) is 11.2 Å². The lowest BCUT2D eigenvalue weighted by Gasteiger charge is -2.17. The Balaban J connectivity index is 2.07. The highest BCUT2D eigenvalue weighted by Gasteiger charge is 2.19. The summed E-state index contributed by atoms with van der Waals surface area (Å²) in [7, 11) is 0. The van der Waals surface area contributed by atoms with Gasteiger partial charge in [0.25, 0.3) is 0 Å². The number of nitrogens with zero attached hydrogens (tertiary/aromatic N) is 1. The van der Waals surface area contributed by atoms with E-state index in [4.69, 9.17) is 0 Å². The van der Waals surface area contributed by atoms with Gasteiger partial charge in [-0.25, -0.2) is 0 Å².